The summed E-state index contributed by atoms with van der Waals surface area (Å²) >= 11 is 0. The van der Waals surface area contributed by atoms with Gasteiger partial charge in [-0.15, -0.1) is 0 Å². The van der Waals surface area contributed by atoms with Gasteiger partial charge in [0.15, 0.2) is 0 Å². The van der Waals surface area contributed by atoms with Gasteiger partial charge in [0.2, 0.25) is 0 Å². The summed E-state index contributed by atoms with van der Waals surface area (Å²) in [5.41, 5.74) is 1.19. The molecule has 1 amide bonds. The van der Waals surface area contributed by atoms with E-state index >= 15 is 0 Å². The summed E-state index contributed by atoms with van der Waals surface area (Å²) in [6, 6.07) is 11.6. The predicted molar refractivity (Wildman–Crippen MR) is 107 cm³/mol. The number of carbonyl (C=O) groups is 1. The average Bonchev–Trinajstić information content (AvgIpc) is 3.47. The first-order valence-corrected chi connectivity index (χ1v) is 9.09. The second kappa shape index (κ2) is 8.39. The van der Waals surface area contributed by atoms with Gasteiger partial charge in [0.25, 0.3) is 11.6 Å². The quantitative estimate of drug-likeness (QED) is 0.345. The van der Waals surface area contributed by atoms with Crippen molar-refractivity contribution in [1.29, 1.82) is 0 Å². The molecule has 4 aromatic rings. The number of amides is 1. The van der Waals surface area contributed by atoms with E-state index in [1.807, 2.05) is 6.07 Å². The van der Waals surface area contributed by atoms with Crippen molar-refractivity contribution in [2.45, 2.75) is 13.1 Å². The largest absolute Gasteiger partial charge is 0.467 e. The van der Waals surface area contributed by atoms with Crippen molar-refractivity contribution >= 4 is 11.6 Å². The minimum absolute atomic E-state index is 0.182. The van der Waals surface area contributed by atoms with Crippen LogP contribution in [0.4, 0.5) is 5.69 Å². The van der Waals surface area contributed by atoms with Crippen molar-refractivity contribution in [3.63, 3.8) is 0 Å². The van der Waals surface area contributed by atoms with Gasteiger partial charge in [-0.1, -0.05) is 6.07 Å². The summed E-state index contributed by atoms with van der Waals surface area (Å²) in [6.07, 6.45) is 9.47. The second-order valence-corrected chi connectivity index (χ2v) is 6.53. The van der Waals surface area contributed by atoms with Gasteiger partial charge in [0, 0.05) is 43.0 Å². The van der Waals surface area contributed by atoms with E-state index in [4.69, 9.17) is 4.42 Å². The third-order valence-corrected chi connectivity index (χ3v) is 4.51. The lowest BCUT2D eigenvalue weighted by Crippen LogP contribution is -2.30. The molecule has 0 unspecified atom stereocenters. The van der Waals surface area contributed by atoms with Gasteiger partial charge >= 0.3 is 0 Å². The van der Waals surface area contributed by atoms with E-state index in [9.17, 15) is 14.9 Å². The maximum absolute atomic E-state index is 13.3. The smallest absolute Gasteiger partial charge is 0.294 e. The maximum Gasteiger partial charge on any atom is 0.294 e. The summed E-state index contributed by atoms with van der Waals surface area (Å²) in [5, 5.41) is 11.6. The first-order valence-electron chi connectivity index (χ1n) is 9.09. The van der Waals surface area contributed by atoms with Gasteiger partial charge in [-0.05, 0) is 35.9 Å². The molecule has 0 aliphatic heterocycles. The summed E-state index contributed by atoms with van der Waals surface area (Å²) in [7, 11) is 0. The van der Waals surface area contributed by atoms with Gasteiger partial charge < -0.3 is 13.9 Å². The number of nitro groups is 1. The first kappa shape index (κ1) is 19.1. The Morgan fingerprint density at radius 1 is 1.13 bits per heavy atom. The number of imidazole rings is 1. The molecule has 0 atom stereocenters. The van der Waals surface area contributed by atoms with Crippen LogP contribution in [-0.2, 0) is 13.1 Å². The molecule has 0 saturated heterocycles. The van der Waals surface area contributed by atoms with Crippen LogP contribution in [-0.4, -0.2) is 30.3 Å². The molecule has 0 aliphatic rings. The average molecular weight is 403 g/mol. The minimum Gasteiger partial charge on any atom is -0.467 e. The molecule has 150 valence electrons. The molecule has 3 aromatic heterocycles. The van der Waals surface area contributed by atoms with Crippen LogP contribution in [0, 0.1) is 10.1 Å². The lowest BCUT2D eigenvalue weighted by Gasteiger charge is -2.22. The van der Waals surface area contributed by atoms with Crippen molar-refractivity contribution in [3.8, 4) is 5.69 Å². The van der Waals surface area contributed by atoms with Crippen molar-refractivity contribution in [2.75, 3.05) is 0 Å². The van der Waals surface area contributed by atoms with E-state index in [1.165, 1.54) is 29.4 Å². The minimum atomic E-state index is -0.510. The number of benzene rings is 1. The van der Waals surface area contributed by atoms with Crippen LogP contribution < -0.4 is 0 Å². The molecular weight excluding hydrogens is 386 g/mol. The number of carbonyl (C=O) groups excluding carboxylic acids is 1. The van der Waals surface area contributed by atoms with Gasteiger partial charge in [0.05, 0.1) is 24.1 Å². The summed E-state index contributed by atoms with van der Waals surface area (Å²) < 4.78 is 6.92. The molecule has 0 aliphatic carbocycles. The van der Waals surface area contributed by atoms with E-state index < -0.39 is 4.92 Å². The van der Waals surface area contributed by atoms with E-state index in [0.29, 0.717) is 11.4 Å². The van der Waals surface area contributed by atoms with E-state index in [2.05, 4.69) is 9.97 Å². The lowest BCUT2D eigenvalue weighted by atomic mass is 10.1. The van der Waals surface area contributed by atoms with E-state index in [1.54, 1.807) is 53.8 Å². The second-order valence-electron chi connectivity index (χ2n) is 6.53. The molecule has 0 fully saturated rings. The van der Waals surface area contributed by atoms with E-state index in [-0.39, 0.29) is 30.2 Å². The number of aromatic nitrogens is 3. The van der Waals surface area contributed by atoms with Crippen LogP contribution in [0.5, 0.6) is 0 Å². The molecule has 3 heterocycles. The van der Waals surface area contributed by atoms with Crippen molar-refractivity contribution in [1.82, 2.24) is 19.4 Å². The first-order chi connectivity index (χ1) is 14.6. The van der Waals surface area contributed by atoms with Crippen molar-refractivity contribution in [2.24, 2.45) is 0 Å². The third-order valence-electron chi connectivity index (χ3n) is 4.51. The van der Waals surface area contributed by atoms with Crippen LogP contribution in [0.1, 0.15) is 21.7 Å². The third kappa shape index (κ3) is 4.09. The Morgan fingerprint density at radius 2 is 2.03 bits per heavy atom. The zero-order valence-corrected chi connectivity index (χ0v) is 15.8. The Labute approximate surface area is 171 Å². The summed E-state index contributed by atoms with van der Waals surface area (Å²) in [4.78, 5) is 34.0. The molecule has 0 radical (unpaired) electrons. The highest BCUT2D eigenvalue weighted by molar-refractivity contribution is 5.95. The monoisotopic (exact) mass is 403 g/mol. The SMILES string of the molecule is O=C(c1ccc(-n2ccnc2)c([N+](=O)[O-])c1)N(Cc1cccnc1)Cc1ccco1. The number of nitrogens with zero attached hydrogens (tertiary/aromatic N) is 5. The molecule has 0 N–H and O–H groups in total. The predicted octanol–water partition coefficient (Wildman–Crippen LogP) is 3.61. The number of hydrogen-bond donors (Lipinski definition) is 0. The Bertz CT molecular complexity index is 1140. The molecular formula is C21H17N5O4. The molecule has 1 aromatic carbocycles. The van der Waals surface area contributed by atoms with E-state index in [0.717, 1.165) is 5.56 Å². The highest BCUT2D eigenvalue weighted by Gasteiger charge is 2.23. The zero-order chi connectivity index (χ0) is 20.9. The summed E-state index contributed by atoms with van der Waals surface area (Å²) in [5.74, 6) is 0.257. The Hall–Kier alpha value is -4.27. The Kier molecular flexibility index (Phi) is 5.33. The lowest BCUT2D eigenvalue weighted by molar-refractivity contribution is -0.384. The number of hydrogen-bond acceptors (Lipinski definition) is 6. The zero-order valence-electron chi connectivity index (χ0n) is 15.8. The topological polar surface area (TPSA) is 107 Å². The number of pyridine rings is 1. The van der Waals surface area contributed by atoms with Gasteiger partial charge in [0.1, 0.15) is 11.4 Å². The van der Waals surface area contributed by atoms with Crippen molar-refractivity contribution < 1.29 is 14.1 Å². The molecule has 4 rings (SSSR count). The summed E-state index contributed by atoms with van der Waals surface area (Å²) in [6.45, 7) is 0.502. The fraction of sp³-hybridized carbons (Fsp3) is 0.0952. The maximum atomic E-state index is 13.3. The molecule has 0 bridgehead atoms. The molecule has 30 heavy (non-hydrogen) atoms. The van der Waals surface area contributed by atoms with Crippen LogP contribution in [0.2, 0.25) is 0 Å². The van der Waals surface area contributed by atoms with Crippen LogP contribution in [0.15, 0.2) is 84.3 Å². The van der Waals surface area contributed by atoms with Crippen LogP contribution in [0.25, 0.3) is 5.69 Å². The van der Waals surface area contributed by atoms with Gasteiger partial charge in [-0.2, -0.15) is 0 Å². The molecule has 9 heteroatoms. The molecule has 9 nitrogen and oxygen atoms in total. The number of furan rings is 1. The number of nitro benzene ring substituents is 1. The van der Waals surface area contributed by atoms with Crippen LogP contribution >= 0.6 is 0 Å². The highest BCUT2D eigenvalue weighted by atomic mass is 16.6. The molecule has 0 spiro atoms. The highest BCUT2D eigenvalue weighted by Crippen LogP contribution is 2.25. The Morgan fingerprint density at radius 3 is 2.70 bits per heavy atom. The fourth-order valence-corrected chi connectivity index (χ4v) is 3.11. The van der Waals surface area contributed by atoms with Gasteiger partial charge in [-0.25, -0.2) is 4.98 Å². The normalized spacial score (nSPS) is 10.7. The molecule has 0 saturated carbocycles. The van der Waals surface area contributed by atoms with Crippen molar-refractivity contribution in [3.05, 3.63) is 107 Å². The number of rotatable bonds is 7. The van der Waals surface area contributed by atoms with Gasteiger partial charge in [-0.3, -0.25) is 19.9 Å². The fourth-order valence-electron chi connectivity index (χ4n) is 3.11. The standard InChI is InChI=1S/C21H17N5O4/c27-21(17-5-6-19(20(11-17)26(28)29)24-9-8-23-15-24)25(14-18-4-2-10-30-18)13-16-3-1-7-22-12-16/h1-12,15H,13-14H2. The van der Waals surface area contributed by atoms with Crippen LogP contribution in [0.3, 0.4) is 0 Å². The Balaban J connectivity index is 1.68.